The van der Waals surface area contributed by atoms with Crippen LogP contribution in [0.1, 0.15) is 24.9 Å². The summed E-state index contributed by atoms with van der Waals surface area (Å²) in [5.41, 5.74) is 5.10. The number of halogens is 2. The van der Waals surface area contributed by atoms with Gasteiger partial charge in [-0.25, -0.2) is 18.7 Å². The molecule has 0 aliphatic rings. The fraction of sp³-hybridized carbons (Fsp3) is 0.273. The van der Waals surface area contributed by atoms with Gasteiger partial charge in [0.2, 0.25) is 5.92 Å². The minimum atomic E-state index is -2.75. The zero-order chi connectivity index (χ0) is 21.5. The summed E-state index contributed by atoms with van der Waals surface area (Å²) in [6.45, 7) is 2.95. The molecule has 0 saturated carbocycles. The van der Waals surface area contributed by atoms with E-state index < -0.39 is 5.92 Å². The molecule has 3 aromatic heterocycles. The summed E-state index contributed by atoms with van der Waals surface area (Å²) < 4.78 is 29.9. The van der Waals surface area contributed by atoms with Gasteiger partial charge in [0, 0.05) is 42.9 Å². The van der Waals surface area contributed by atoms with Crippen molar-refractivity contribution >= 4 is 11.0 Å². The number of benzene rings is 1. The molecule has 4 rings (SSSR count). The molecule has 6 nitrogen and oxygen atoms in total. The molecule has 0 spiro atoms. The highest BCUT2D eigenvalue weighted by molar-refractivity contribution is 5.87. The van der Waals surface area contributed by atoms with Gasteiger partial charge in [0.1, 0.15) is 17.6 Å². The number of imidazole rings is 1. The van der Waals surface area contributed by atoms with Crippen molar-refractivity contribution in [3.8, 4) is 28.5 Å². The Morgan fingerprint density at radius 2 is 1.93 bits per heavy atom. The molecule has 0 saturated heterocycles. The van der Waals surface area contributed by atoms with Gasteiger partial charge in [-0.3, -0.25) is 4.68 Å². The molecule has 0 unspecified atom stereocenters. The number of pyridine rings is 1. The van der Waals surface area contributed by atoms with Crippen molar-refractivity contribution < 1.29 is 8.78 Å². The van der Waals surface area contributed by atoms with E-state index in [9.17, 15) is 14.0 Å². The number of aromatic nitrogens is 5. The van der Waals surface area contributed by atoms with Gasteiger partial charge in [0.05, 0.1) is 22.9 Å². The van der Waals surface area contributed by atoms with Gasteiger partial charge in [-0.15, -0.1) is 0 Å². The van der Waals surface area contributed by atoms with E-state index in [0.717, 1.165) is 40.5 Å². The molecule has 0 radical (unpaired) electrons. The fourth-order valence-electron chi connectivity index (χ4n) is 3.38. The van der Waals surface area contributed by atoms with E-state index in [1.165, 1.54) is 4.68 Å². The second-order valence-electron chi connectivity index (χ2n) is 7.44. The molecule has 1 aromatic carbocycles. The van der Waals surface area contributed by atoms with Crippen molar-refractivity contribution in [3.63, 3.8) is 0 Å². The first-order valence-corrected chi connectivity index (χ1v) is 9.50. The number of alkyl halides is 2. The minimum absolute atomic E-state index is 0.113. The Morgan fingerprint density at radius 1 is 1.13 bits per heavy atom. The number of hydrogen-bond acceptors (Lipinski definition) is 4. The quantitative estimate of drug-likeness (QED) is 0.481. The van der Waals surface area contributed by atoms with Crippen molar-refractivity contribution in [1.82, 2.24) is 24.3 Å². The summed E-state index contributed by atoms with van der Waals surface area (Å²) in [6.07, 6.45) is 3.06. The summed E-state index contributed by atoms with van der Waals surface area (Å²) >= 11 is 0. The normalized spacial score (nSPS) is 11.7. The van der Waals surface area contributed by atoms with E-state index in [0.29, 0.717) is 11.4 Å². The van der Waals surface area contributed by atoms with Crippen LogP contribution in [0.5, 0.6) is 0 Å². The van der Waals surface area contributed by atoms with Gasteiger partial charge in [-0.2, -0.15) is 10.4 Å². The van der Waals surface area contributed by atoms with E-state index in [4.69, 9.17) is 0 Å². The van der Waals surface area contributed by atoms with Gasteiger partial charge in [-0.1, -0.05) is 6.07 Å². The van der Waals surface area contributed by atoms with Crippen LogP contribution in [0, 0.1) is 18.3 Å². The van der Waals surface area contributed by atoms with Crippen LogP contribution < -0.4 is 0 Å². The molecule has 0 N–H and O–H groups in total. The molecule has 152 valence electrons. The predicted molar refractivity (Wildman–Crippen MR) is 110 cm³/mol. The van der Waals surface area contributed by atoms with Crippen molar-refractivity contribution in [2.24, 2.45) is 7.05 Å². The third-order valence-corrected chi connectivity index (χ3v) is 5.11. The minimum Gasteiger partial charge on any atom is -0.331 e. The average molecular weight is 406 g/mol. The molecule has 8 heteroatoms. The van der Waals surface area contributed by atoms with Crippen LogP contribution >= 0.6 is 0 Å². The lowest BCUT2D eigenvalue weighted by atomic mass is 10.0. The number of nitrogens with zero attached hydrogens (tertiary/aromatic N) is 6. The maximum Gasteiger partial charge on any atom is 0.247 e. The van der Waals surface area contributed by atoms with Crippen LogP contribution in [0.4, 0.5) is 8.78 Å². The summed E-state index contributed by atoms with van der Waals surface area (Å²) in [4.78, 5) is 9.09. The third-order valence-electron chi connectivity index (χ3n) is 5.11. The molecule has 4 aromatic rings. The van der Waals surface area contributed by atoms with E-state index in [1.807, 2.05) is 42.8 Å². The Kier molecular flexibility index (Phi) is 4.82. The Balaban J connectivity index is 1.78. The van der Waals surface area contributed by atoms with Gasteiger partial charge in [-0.05, 0) is 38.1 Å². The monoisotopic (exact) mass is 406 g/mol. The van der Waals surface area contributed by atoms with E-state index in [2.05, 4.69) is 21.1 Å². The van der Waals surface area contributed by atoms with E-state index >= 15 is 0 Å². The first kappa shape index (κ1) is 19.7. The molecular formula is C22H20F2N6. The van der Waals surface area contributed by atoms with Crippen molar-refractivity contribution in [2.75, 3.05) is 0 Å². The third kappa shape index (κ3) is 3.79. The highest BCUT2D eigenvalue weighted by atomic mass is 19.3. The molecular weight excluding hydrogens is 386 g/mol. The van der Waals surface area contributed by atoms with Gasteiger partial charge in [0.15, 0.2) is 0 Å². The number of hydrogen-bond donors (Lipinski definition) is 0. The highest BCUT2D eigenvalue weighted by Gasteiger charge is 2.21. The fourth-order valence-corrected chi connectivity index (χ4v) is 3.38. The van der Waals surface area contributed by atoms with E-state index in [1.54, 1.807) is 18.5 Å². The zero-order valence-corrected chi connectivity index (χ0v) is 16.9. The van der Waals surface area contributed by atoms with Crippen molar-refractivity contribution in [3.05, 3.63) is 54.2 Å². The number of aryl methyl sites for hydroxylation is 3. The van der Waals surface area contributed by atoms with Crippen molar-refractivity contribution in [1.29, 1.82) is 5.26 Å². The van der Waals surface area contributed by atoms with Crippen molar-refractivity contribution in [2.45, 2.75) is 32.7 Å². The smallest absolute Gasteiger partial charge is 0.247 e. The maximum absolute atomic E-state index is 13.2. The standard InChI is InChI=1S/C22H20F2N6/c1-14-27-19-10-15(4-7-20(19)29(14)3)21-18(6-5-17(11-25)28-21)16-12-26-30(13-16)9-8-22(2,23)24/h4-7,10,12-13H,8-9H2,1-3H3. The van der Waals surface area contributed by atoms with Gasteiger partial charge in [0.25, 0.3) is 0 Å². The summed E-state index contributed by atoms with van der Waals surface area (Å²) in [6, 6.07) is 11.4. The summed E-state index contributed by atoms with van der Waals surface area (Å²) in [5.74, 6) is -1.85. The molecule has 0 fully saturated rings. The molecule has 3 heterocycles. The number of nitriles is 1. The number of fused-ring (bicyclic) bond motifs is 1. The Hall–Kier alpha value is -3.60. The van der Waals surface area contributed by atoms with Crippen LogP contribution in [0.25, 0.3) is 33.4 Å². The zero-order valence-electron chi connectivity index (χ0n) is 16.9. The van der Waals surface area contributed by atoms with Crippen LogP contribution in [-0.2, 0) is 13.6 Å². The second kappa shape index (κ2) is 7.34. The molecule has 30 heavy (non-hydrogen) atoms. The molecule has 0 amide bonds. The molecule has 0 aliphatic carbocycles. The van der Waals surface area contributed by atoms with E-state index in [-0.39, 0.29) is 13.0 Å². The lowest BCUT2D eigenvalue weighted by Crippen LogP contribution is -2.13. The SMILES string of the molecule is Cc1nc2cc(-c3nc(C#N)ccc3-c3cnn(CCC(C)(F)F)c3)ccc2n1C. The summed E-state index contributed by atoms with van der Waals surface area (Å²) in [7, 11) is 1.96. The van der Waals surface area contributed by atoms with Crippen LogP contribution in [0.3, 0.4) is 0 Å². The predicted octanol–water partition coefficient (Wildman–Crippen LogP) is 4.72. The Labute approximate surface area is 172 Å². The molecule has 0 bridgehead atoms. The summed E-state index contributed by atoms with van der Waals surface area (Å²) in [5, 5.41) is 13.5. The lowest BCUT2D eigenvalue weighted by Gasteiger charge is -2.10. The lowest BCUT2D eigenvalue weighted by molar-refractivity contribution is 0.00779. The first-order chi connectivity index (χ1) is 14.2. The maximum atomic E-state index is 13.2. The molecule has 0 atom stereocenters. The van der Waals surface area contributed by atoms with Crippen LogP contribution in [0.15, 0.2) is 42.7 Å². The Bertz CT molecular complexity index is 1270. The van der Waals surface area contributed by atoms with Crippen LogP contribution in [0.2, 0.25) is 0 Å². The number of rotatable bonds is 5. The largest absolute Gasteiger partial charge is 0.331 e. The Morgan fingerprint density at radius 3 is 2.67 bits per heavy atom. The van der Waals surface area contributed by atoms with Gasteiger partial charge >= 0.3 is 0 Å². The topological polar surface area (TPSA) is 72.3 Å². The molecule has 0 aliphatic heterocycles. The van der Waals surface area contributed by atoms with Gasteiger partial charge < -0.3 is 4.57 Å². The average Bonchev–Trinajstić information content (AvgIpc) is 3.30. The second-order valence-corrected chi connectivity index (χ2v) is 7.44. The first-order valence-electron chi connectivity index (χ1n) is 9.50. The highest BCUT2D eigenvalue weighted by Crippen LogP contribution is 2.32. The van der Waals surface area contributed by atoms with Crippen LogP contribution in [-0.4, -0.2) is 30.2 Å².